The molecule has 4 heteroatoms. The maximum Gasteiger partial charge on any atom is 0.0897 e. The van der Waals surface area contributed by atoms with Crippen molar-refractivity contribution < 1.29 is 0 Å². The minimum atomic E-state index is 0.636. The van der Waals surface area contributed by atoms with E-state index in [2.05, 4.69) is 41.4 Å². The summed E-state index contributed by atoms with van der Waals surface area (Å²) in [7, 11) is 0. The summed E-state index contributed by atoms with van der Waals surface area (Å²) in [4.78, 5) is 7.14. The van der Waals surface area contributed by atoms with Gasteiger partial charge in [-0.2, -0.15) is 0 Å². The molecule has 1 aromatic rings. The van der Waals surface area contributed by atoms with E-state index in [9.17, 15) is 0 Å². The van der Waals surface area contributed by atoms with Crippen LogP contribution in [0.3, 0.4) is 0 Å². The van der Waals surface area contributed by atoms with Gasteiger partial charge in [0.05, 0.1) is 10.7 Å². The molecule has 0 aliphatic carbocycles. The van der Waals surface area contributed by atoms with Crippen LogP contribution in [-0.2, 0) is 6.54 Å². The Morgan fingerprint density at radius 1 is 1.61 bits per heavy atom. The molecule has 1 aliphatic rings. The van der Waals surface area contributed by atoms with E-state index < -0.39 is 0 Å². The fraction of sp³-hybridized carbons (Fsp3) is 0.786. The van der Waals surface area contributed by atoms with Gasteiger partial charge in [0.25, 0.3) is 0 Å². The summed E-state index contributed by atoms with van der Waals surface area (Å²) in [6.07, 6.45) is 2.50. The van der Waals surface area contributed by atoms with E-state index >= 15 is 0 Å². The van der Waals surface area contributed by atoms with E-state index in [1.54, 1.807) is 11.3 Å². The molecule has 0 amide bonds. The van der Waals surface area contributed by atoms with Crippen LogP contribution in [0.4, 0.5) is 0 Å². The molecule has 2 rings (SSSR count). The molecule has 1 N–H and O–H groups in total. The van der Waals surface area contributed by atoms with Crippen LogP contribution in [0.25, 0.3) is 0 Å². The summed E-state index contributed by atoms with van der Waals surface area (Å²) < 4.78 is 0. The molecule has 2 unspecified atom stereocenters. The lowest BCUT2D eigenvalue weighted by Crippen LogP contribution is -2.41. The van der Waals surface area contributed by atoms with Crippen molar-refractivity contribution in [2.45, 2.75) is 46.2 Å². The van der Waals surface area contributed by atoms with Crippen LogP contribution in [0.15, 0.2) is 5.38 Å². The highest BCUT2D eigenvalue weighted by atomic mass is 32.1. The average Bonchev–Trinajstić information content (AvgIpc) is 2.64. The van der Waals surface area contributed by atoms with E-state index in [0.29, 0.717) is 6.04 Å². The number of thiazole rings is 1. The minimum absolute atomic E-state index is 0.636. The normalized spacial score (nSPS) is 23.8. The quantitative estimate of drug-likeness (QED) is 0.909. The van der Waals surface area contributed by atoms with E-state index in [0.717, 1.165) is 25.6 Å². The summed E-state index contributed by atoms with van der Waals surface area (Å²) in [5.74, 6) is 0.753. The van der Waals surface area contributed by atoms with Gasteiger partial charge in [0, 0.05) is 24.5 Å². The molecule has 0 bridgehead atoms. The summed E-state index contributed by atoms with van der Waals surface area (Å²) in [6.45, 7) is 11.2. The number of nitrogens with zero attached hydrogens (tertiary/aromatic N) is 2. The Morgan fingerprint density at radius 2 is 2.44 bits per heavy atom. The zero-order valence-electron chi connectivity index (χ0n) is 11.8. The van der Waals surface area contributed by atoms with Crippen LogP contribution in [0.1, 0.15) is 37.4 Å². The van der Waals surface area contributed by atoms with Gasteiger partial charge in [0.1, 0.15) is 0 Å². The Bertz CT molecular complexity index is 364. The Kier molecular flexibility index (Phi) is 5.15. The maximum atomic E-state index is 4.58. The van der Waals surface area contributed by atoms with Crippen LogP contribution < -0.4 is 5.32 Å². The van der Waals surface area contributed by atoms with Gasteiger partial charge in [0.15, 0.2) is 0 Å². The largest absolute Gasteiger partial charge is 0.312 e. The molecular weight excluding hydrogens is 242 g/mol. The summed E-state index contributed by atoms with van der Waals surface area (Å²) in [5, 5.41) is 7.07. The predicted octanol–water partition coefficient (Wildman–Crippen LogP) is 2.66. The average molecular weight is 267 g/mol. The third-order valence-corrected chi connectivity index (χ3v) is 4.72. The van der Waals surface area contributed by atoms with Crippen LogP contribution >= 0.6 is 11.3 Å². The van der Waals surface area contributed by atoms with Crippen molar-refractivity contribution in [3.05, 3.63) is 16.1 Å². The number of rotatable bonds is 4. The summed E-state index contributed by atoms with van der Waals surface area (Å²) >= 11 is 1.76. The Labute approximate surface area is 115 Å². The minimum Gasteiger partial charge on any atom is -0.312 e. The smallest absolute Gasteiger partial charge is 0.0897 e. The van der Waals surface area contributed by atoms with E-state index in [1.807, 2.05) is 0 Å². The zero-order valence-corrected chi connectivity index (χ0v) is 12.6. The number of hydrogen-bond donors (Lipinski definition) is 1. The number of hydrogen-bond acceptors (Lipinski definition) is 4. The number of aryl methyl sites for hydroxylation is 1. The molecule has 2 atom stereocenters. The molecule has 2 heterocycles. The zero-order chi connectivity index (χ0) is 13.0. The molecule has 3 nitrogen and oxygen atoms in total. The van der Waals surface area contributed by atoms with Crippen LogP contribution in [-0.4, -0.2) is 35.6 Å². The summed E-state index contributed by atoms with van der Waals surface area (Å²) in [5.41, 5.74) is 1.24. The Hall–Kier alpha value is -0.450. The molecule has 1 saturated heterocycles. The van der Waals surface area contributed by atoms with Gasteiger partial charge in [0.2, 0.25) is 0 Å². The second kappa shape index (κ2) is 6.64. The second-order valence-corrected chi connectivity index (χ2v) is 6.45. The van der Waals surface area contributed by atoms with Crippen LogP contribution in [0.5, 0.6) is 0 Å². The van der Waals surface area contributed by atoms with Gasteiger partial charge in [-0.3, -0.25) is 4.90 Å². The molecule has 0 saturated carbocycles. The third-order valence-electron chi connectivity index (χ3n) is 3.90. The fourth-order valence-corrected chi connectivity index (χ4v) is 3.15. The highest BCUT2D eigenvalue weighted by molar-refractivity contribution is 7.09. The predicted molar refractivity (Wildman–Crippen MR) is 78.0 cm³/mol. The SMILES string of the molecule is CCC(C)C1CN(Cc2csc(C)n2)CCCN1. The molecule has 102 valence electrons. The molecule has 0 spiro atoms. The molecule has 1 aliphatic heterocycles. The maximum absolute atomic E-state index is 4.58. The molecule has 1 fully saturated rings. The molecule has 1 aromatic heterocycles. The first-order valence-corrected chi connectivity index (χ1v) is 7.93. The monoisotopic (exact) mass is 267 g/mol. The molecule has 0 aromatic carbocycles. The number of aromatic nitrogens is 1. The van der Waals surface area contributed by atoms with Crippen LogP contribution in [0.2, 0.25) is 0 Å². The molecule has 0 radical (unpaired) electrons. The van der Waals surface area contributed by atoms with Crippen molar-refractivity contribution in [2.75, 3.05) is 19.6 Å². The standard InChI is InChI=1S/C14H25N3S/c1-4-11(2)14-9-17(7-5-6-15-14)8-13-10-18-12(3)16-13/h10-11,14-15H,4-9H2,1-3H3. The van der Waals surface area contributed by atoms with E-state index in [1.165, 1.54) is 30.1 Å². The van der Waals surface area contributed by atoms with Crippen molar-refractivity contribution >= 4 is 11.3 Å². The first kappa shape index (κ1) is 14.0. The summed E-state index contributed by atoms with van der Waals surface area (Å²) in [6, 6.07) is 0.636. The second-order valence-electron chi connectivity index (χ2n) is 5.39. The van der Waals surface area contributed by atoms with Gasteiger partial charge >= 0.3 is 0 Å². The number of nitrogens with one attached hydrogen (secondary N) is 1. The van der Waals surface area contributed by atoms with E-state index in [-0.39, 0.29) is 0 Å². The first-order chi connectivity index (χ1) is 8.69. The lowest BCUT2D eigenvalue weighted by molar-refractivity contribution is 0.229. The Balaban J connectivity index is 1.94. The molecule has 18 heavy (non-hydrogen) atoms. The van der Waals surface area contributed by atoms with Crippen molar-refractivity contribution in [1.82, 2.24) is 15.2 Å². The highest BCUT2D eigenvalue weighted by Crippen LogP contribution is 2.15. The third kappa shape index (κ3) is 3.77. The van der Waals surface area contributed by atoms with Gasteiger partial charge in [-0.15, -0.1) is 11.3 Å². The lowest BCUT2D eigenvalue weighted by Gasteiger charge is -2.27. The van der Waals surface area contributed by atoms with Gasteiger partial charge in [-0.05, 0) is 32.4 Å². The lowest BCUT2D eigenvalue weighted by atomic mass is 9.99. The topological polar surface area (TPSA) is 28.2 Å². The van der Waals surface area contributed by atoms with Gasteiger partial charge < -0.3 is 5.32 Å². The van der Waals surface area contributed by atoms with Crippen molar-refractivity contribution in [2.24, 2.45) is 5.92 Å². The highest BCUT2D eigenvalue weighted by Gasteiger charge is 2.22. The first-order valence-electron chi connectivity index (χ1n) is 7.05. The van der Waals surface area contributed by atoms with Crippen molar-refractivity contribution in [1.29, 1.82) is 0 Å². The Morgan fingerprint density at radius 3 is 3.11 bits per heavy atom. The van der Waals surface area contributed by atoms with Crippen molar-refractivity contribution in [3.8, 4) is 0 Å². The van der Waals surface area contributed by atoms with Gasteiger partial charge in [-0.25, -0.2) is 4.98 Å². The molecular formula is C14H25N3S. The van der Waals surface area contributed by atoms with Crippen molar-refractivity contribution in [3.63, 3.8) is 0 Å². The fourth-order valence-electron chi connectivity index (χ4n) is 2.54. The van der Waals surface area contributed by atoms with Crippen LogP contribution in [0, 0.1) is 12.8 Å². The van der Waals surface area contributed by atoms with Gasteiger partial charge in [-0.1, -0.05) is 20.3 Å². The van der Waals surface area contributed by atoms with E-state index in [4.69, 9.17) is 0 Å².